The van der Waals surface area contributed by atoms with Crippen molar-refractivity contribution in [3.8, 4) is 28.6 Å². The first kappa shape index (κ1) is 21.3. The first-order valence-corrected chi connectivity index (χ1v) is 9.64. The number of ether oxygens (including phenoxy) is 1. The van der Waals surface area contributed by atoms with Gasteiger partial charge in [-0.25, -0.2) is 0 Å². The van der Waals surface area contributed by atoms with Gasteiger partial charge in [0.15, 0.2) is 5.76 Å². The van der Waals surface area contributed by atoms with Crippen LogP contribution in [0.15, 0.2) is 40.9 Å². The first-order valence-electron chi connectivity index (χ1n) is 9.26. The van der Waals surface area contributed by atoms with E-state index in [0.717, 1.165) is 17.4 Å². The van der Waals surface area contributed by atoms with Crippen LogP contribution >= 0.6 is 11.6 Å². The fourth-order valence-electron chi connectivity index (χ4n) is 2.89. The smallest absolute Gasteiger partial charge is 0.226 e. The quantitative estimate of drug-likeness (QED) is 0.429. The monoisotopic (exact) mass is 431 g/mol. The maximum Gasteiger partial charge on any atom is 0.226 e. The van der Waals surface area contributed by atoms with Crippen molar-refractivity contribution < 1.29 is 24.3 Å². The maximum absolute atomic E-state index is 12.1. The predicted octanol–water partition coefficient (Wildman–Crippen LogP) is 3.71. The number of likely N-dealkylation sites (N-methyl/N-ethyl adjacent to an activating group) is 1. The van der Waals surface area contributed by atoms with Crippen molar-refractivity contribution in [2.45, 2.75) is 19.9 Å². The number of phenols is 2. The first-order chi connectivity index (χ1) is 14.4. The molecular weight excluding hydrogens is 410 g/mol. The molecule has 30 heavy (non-hydrogen) atoms. The molecule has 3 rings (SSSR count). The Morgan fingerprint density at radius 1 is 1.20 bits per heavy atom. The third kappa shape index (κ3) is 4.77. The molecule has 0 aliphatic rings. The number of amides is 1. The van der Waals surface area contributed by atoms with Gasteiger partial charge in [-0.15, -0.1) is 0 Å². The summed E-state index contributed by atoms with van der Waals surface area (Å²) in [5, 5.41) is 30.0. The minimum atomic E-state index is -0.257. The lowest BCUT2D eigenvalue weighted by Gasteiger charge is -2.10. The Labute approximate surface area is 178 Å². The standard InChI is InChI=1S/C21H22ClN3O5/c1-3-23-19(28)9-16-20(24-11-12-4-6-13(29-2)7-5-12)21(30-25-16)14-8-15(22)18(27)10-17(14)26/h4-8,10,24,26-27H,3,9,11H2,1-2H3,(H,23,28). The Morgan fingerprint density at radius 2 is 1.93 bits per heavy atom. The SMILES string of the molecule is CCNC(=O)Cc1noc(-c2cc(Cl)c(O)cc2O)c1NCc1ccc(OC)cc1. The zero-order chi connectivity index (χ0) is 21.7. The van der Waals surface area contributed by atoms with Crippen LogP contribution in [0.4, 0.5) is 5.69 Å². The van der Waals surface area contributed by atoms with Crippen molar-refractivity contribution >= 4 is 23.2 Å². The number of halogens is 1. The van der Waals surface area contributed by atoms with Gasteiger partial charge in [-0.3, -0.25) is 4.79 Å². The Morgan fingerprint density at radius 3 is 2.60 bits per heavy atom. The van der Waals surface area contributed by atoms with E-state index in [1.54, 1.807) is 7.11 Å². The topological polar surface area (TPSA) is 117 Å². The second-order valence-electron chi connectivity index (χ2n) is 6.49. The molecule has 9 heteroatoms. The highest BCUT2D eigenvalue weighted by Crippen LogP contribution is 2.41. The summed E-state index contributed by atoms with van der Waals surface area (Å²) in [5.41, 5.74) is 2.03. The average molecular weight is 432 g/mol. The Balaban J connectivity index is 1.95. The minimum Gasteiger partial charge on any atom is -0.507 e. The van der Waals surface area contributed by atoms with Gasteiger partial charge in [-0.2, -0.15) is 0 Å². The molecule has 0 fully saturated rings. The average Bonchev–Trinajstić information content (AvgIpc) is 3.11. The van der Waals surface area contributed by atoms with E-state index in [-0.39, 0.29) is 40.2 Å². The molecule has 2 aromatic carbocycles. The van der Waals surface area contributed by atoms with Crippen LogP contribution in [0.2, 0.25) is 5.02 Å². The molecule has 1 heterocycles. The molecule has 4 N–H and O–H groups in total. The molecule has 0 spiro atoms. The minimum absolute atomic E-state index is 0.00510. The summed E-state index contributed by atoms with van der Waals surface area (Å²) in [6, 6.07) is 9.98. The molecule has 0 aliphatic carbocycles. The summed E-state index contributed by atoms with van der Waals surface area (Å²) < 4.78 is 10.6. The maximum atomic E-state index is 12.1. The molecule has 0 saturated carbocycles. The van der Waals surface area contributed by atoms with Crippen LogP contribution in [0.1, 0.15) is 18.2 Å². The van der Waals surface area contributed by atoms with Gasteiger partial charge >= 0.3 is 0 Å². The van der Waals surface area contributed by atoms with E-state index in [1.165, 1.54) is 6.07 Å². The van der Waals surface area contributed by atoms with E-state index in [9.17, 15) is 15.0 Å². The highest BCUT2D eigenvalue weighted by Gasteiger charge is 2.23. The molecule has 0 aliphatic heterocycles. The predicted molar refractivity (Wildman–Crippen MR) is 113 cm³/mol. The molecule has 158 valence electrons. The number of methoxy groups -OCH3 is 1. The van der Waals surface area contributed by atoms with Gasteiger partial charge in [-0.05, 0) is 30.7 Å². The van der Waals surface area contributed by atoms with Gasteiger partial charge in [0.05, 0.1) is 24.1 Å². The molecule has 1 aromatic heterocycles. The highest BCUT2D eigenvalue weighted by atomic mass is 35.5. The van der Waals surface area contributed by atoms with Crippen LogP contribution in [0.5, 0.6) is 17.2 Å². The zero-order valence-corrected chi connectivity index (χ0v) is 17.3. The molecule has 3 aromatic rings. The van der Waals surface area contributed by atoms with Crippen LogP contribution < -0.4 is 15.4 Å². The van der Waals surface area contributed by atoms with E-state index >= 15 is 0 Å². The zero-order valence-electron chi connectivity index (χ0n) is 16.5. The Bertz CT molecular complexity index is 1030. The molecule has 0 unspecified atom stereocenters. The fourth-order valence-corrected chi connectivity index (χ4v) is 3.05. The summed E-state index contributed by atoms with van der Waals surface area (Å²) in [4.78, 5) is 12.1. The lowest BCUT2D eigenvalue weighted by Crippen LogP contribution is -2.25. The van der Waals surface area contributed by atoms with Gasteiger partial charge in [-0.1, -0.05) is 28.9 Å². The highest BCUT2D eigenvalue weighted by molar-refractivity contribution is 6.32. The lowest BCUT2D eigenvalue weighted by molar-refractivity contribution is -0.120. The van der Waals surface area contributed by atoms with Gasteiger partial charge in [0.1, 0.15) is 28.6 Å². The van der Waals surface area contributed by atoms with Gasteiger partial charge in [0.25, 0.3) is 0 Å². The number of aromatic hydroxyl groups is 2. The normalized spacial score (nSPS) is 10.6. The van der Waals surface area contributed by atoms with Crippen LogP contribution in [0.25, 0.3) is 11.3 Å². The summed E-state index contributed by atoms with van der Waals surface area (Å²) in [7, 11) is 1.60. The van der Waals surface area contributed by atoms with Crippen LogP contribution in [0.3, 0.4) is 0 Å². The van der Waals surface area contributed by atoms with Gasteiger partial charge < -0.3 is 30.1 Å². The third-order valence-electron chi connectivity index (χ3n) is 4.40. The number of carbonyl (C=O) groups is 1. The van der Waals surface area contributed by atoms with Gasteiger partial charge in [0, 0.05) is 19.2 Å². The number of hydrogen-bond donors (Lipinski definition) is 4. The molecule has 0 bridgehead atoms. The van der Waals surface area contributed by atoms with Crippen molar-refractivity contribution in [2.75, 3.05) is 19.0 Å². The van der Waals surface area contributed by atoms with E-state index in [2.05, 4.69) is 15.8 Å². The number of carbonyl (C=O) groups excluding carboxylic acids is 1. The lowest BCUT2D eigenvalue weighted by atomic mass is 10.1. The van der Waals surface area contributed by atoms with Crippen molar-refractivity contribution in [1.29, 1.82) is 0 Å². The number of benzene rings is 2. The largest absolute Gasteiger partial charge is 0.507 e. The van der Waals surface area contributed by atoms with Crippen molar-refractivity contribution in [2.24, 2.45) is 0 Å². The number of anilines is 1. The number of nitrogens with one attached hydrogen (secondary N) is 2. The van der Waals surface area contributed by atoms with Crippen molar-refractivity contribution in [1.82, 2.24) is 10.5 Å². The van der Waals surface area contributed by atoms with Crippen molar-refractivity contribution in [3.05, 3.63) is 52.7 Å². The molecule has 0 saturated heterocycles. The number of nitrogens with zero attached hydrogens (tertiary/aromatic N) is 1. The number of aromatic nitrogens is 1. The van der Waals surface area contributed by atoms with Crippen LogP contribution in [-0.2, 0) is 17.8 Å². The summed E-state index contributed by atoms with van der Waals surface area (Å²) >= 11 is 6.00. The third-order valence-corrected chi connectivity index (χ3v) is 4.71. The second kappa shape index (κ2) is 9.41. The Hall–Kier alpha value is -3.39. The second-order valence-corrected chi connectivity index (χ2v) is 6.89. The van der Waals surface area contributed by atoms with Crippen LogP contribution in [-0.4, -0.2) is 34.9 Å². The number of hydrogen-bond acceptors (Lipinski definition) is 7. The van der Waals surface area contributed by atoms with E-state index < -0.39 is 0 Å². The summed E-state index contributed by atoms with van der Waals surface area (Å²) in [6.45, 7) is 2.73. The van der Waals surface area contributed by atoms with Gasteiger partial charge in [0.2, 0.25) is 5.91 Å². The number of rotatable bonds is 8. The fraction of sp³-hybridized carbons (Fsp3) is 0.238. The molecule has 0 radical (unpaired) electrons. The summed E-state index contributed by atoms with van der Waals surface area (Å²) in [6.07, 6.45) is -0.00510. The number of phenolic OH excluding ortho intramolecular Hbond substituents is 2. The van der Waals surface area contributed by atoms with E-state index in [0.29, 0.717) is 24.5 Å². The van der Waals surface area contributed by atoms with E-state index in [1.807, 2.05) is 31.2 Å². The molecule has 0 atom stereocenters. The van der Waals surface area contributed by atoms with E-state index in [4.69, 9.17) is 20.9 Å². The molecule has 8 nitrogen and oxygen atoms in total. The summed E-state index contributed by atoms with van der Waals surface area (Å²) in [5.74, 6) is 0.253. The van der Waals surface area contributed by atoms with Crippen molar-refractivity contribution in [3.63, 3.8) is 0 Å². The molecule has 1 amide bonds. The Kier molecular flexibility index (Phi) is 6.68. The van der Waals surface area contributed by atoms with Crippen LogP contribution in [0, 0.1) is 0 Å². The molecular formula is C21H22ClN3O5.